The van der Waals surface area contributed by atoms with Gasteiger partial charge in [0, 0.05) is 25.1 Å². The van der Waals surface area contributed by atoms with Crippen molar-refractivity contribution < 1.29 is 14.7 Å². The Morgan fingerprint density at radius 1 is 0.914 bits per heavy atom. The molecule has 204 valence electrons. The van der Waals surface area contributed by atoms with Crippen molar-refractivity contribution in [1.29, 1.82) is 0 Å². The van der Waals surface area contributed by atoms with E-state index < -0.39 is 11.9 Å². The monoisotopic (exact) mass is 511 g/mol. The molecule has 2 amide bonds. The van der Waals surface area contributed by atoms with Gasteiger partial charge in [-0.2, -0.15) is 12.6 Å². The molecular formula is C28H53N3O3S. The Kier molecular flexibility index (Phi) is 20.0. The molecule has 0 spiro atoms. The number of hydrogen-bond acceptors (Lipinski definition) is 5. The highest BCUT2D eigenvalue weighted by Crippen LogP contribution is 2.16. The number of allylic oxidation sites excluding steroid dienone is 1. The van der Waals surface area contributed by atoms with E-state index in [1.807, 2.05) is 6.08 Å². The van der Waals surface area contributed by atoms with Gasteiger partial charge in [0.2, 0.25) is 11.8 Å². The molecule has 0 radical (unpaired) electrons. The number of primary amides is 1. The summed E-state index contributed by atoms with van der Waals surface area (Å²) in [7, 11) is 0. The third kappa shape index (κ3) is 18.7. The Morgan fingerprint density at radius 2 is 1.37 bits per heavy atom. The number of rotatable bonds is 6. The fraction of sp³-hybridized carbons (Fsp3) is 0.857. The Morgan fingerprint density at radius 3 is 1.83 bits per heavy atom. The largest absolute Gasteiger partial charge is 0.513 e. The summed E-state index contributed by atoms with van der Waals surface area (Å²) in [5.41, 5.74) is 5.39. The van der Waals surface area contributed by atoms with Crippen molar-refractivity contribution in [2.75, 3.05) is 18.8 Å². The highest BCUT2D eigenvalue weighted by atomic mass is 32.1. The quantitative estimate of drug-likeness (QED) is 0.284. The van der Waals surface area contributed by atoms with Gasteiger partial charge in [0.25, 0.3) is 0 Å². The maximum atomic E-state index is 12.4. The van der Waals surface area contributed by atoms with Crippen molar-refractivity contribution in [1.82, 2.24) is 10.6 Å². The molecule has 0 aromatic carbocycles. The number of aliphatic hydroxyl groups is 1. The first-order valence-electron chi connectivity index (χ1n) is 14.3. The SMILES string of the molecule is NC(=O)C(CS)NCCC1/C=C(/O)CCCCCCCCCCCCCCCCCCC(=O)NC1. The van der Waals surface area contributed by atoms with E-state index >= 15 is 0 Å². The molecule has 1 rings (SSSR count). The molecule has 0 fully saturated rings. The molecule has 5 N–H and O–H groups in total. The van der Waals surface area contributed by atoms with E-state index in [4.69, 9.17) is 5.73 Å². The average Bonchev–Trinajstić information content (AvgIpc) is 2.83. The third-order valence-electron chi connectivity index (χ3n) is 7.01. The summed E-state index contributed by atoms with van der Waals surface area (Å²) < 4.78 is 0. The van der Waals surface area contributed by atoms with Gasteiger partial charge in [-0.25, -0.2) is 0 Å². The Bertz CT molecular complexity index is 586. The fourth-order valence-corrected chi connectivity index (χ4v) is 5.01. The zero-order valence-corrected chi connectivity index (χ0v) is 23.0. The van der Waals surface area contributed by atoms with Gasteiger partial charge in [-0.3, -0.25) is 9.59 Å². The lowest BCUT2D eigenvalue weighted by molar-refractivity contribution is -0.121. The van der Waals surface area contributed by atoms with Crippen LogP contribution in [0.2, 0.25) is 0 Å². The first-order chi connectivity index (χ1) is 17.0. The molecule has 0 aromatic heterocycles. The highest BCUT2D eigenvalue weighted by Gasteiger charge is 2.14. The van der Waals surface area contributed by atoms with Crippen molar-refractivity contribution in [2.24, 2.45) is 11.7 Å². The molecule has 0 aliphatic carbocycles. The summed E-state index contributed by atoms with van der Waals surface area (Å²) in [6.07, 6.45) is 23.9. The number of thiol groups is 1. The molecule has 1 aliphatic heterocycles. The van der Waals surface area contributed by atoms with Crippen LogP contribution in [0.5, 0.6) is 0 Å². The van der Waals surface area contributed by atoms with E-state index in [1.165, 1.54) is 77.0 Å². The number of aliphatic hydroxyl groups excluding tert-OH is 1. The van der Waals surface area contributed by atoms with E-state index in [-0.39, 0.29) is 11.8 Å². The third-order valence-corrected chi connectivity index (χ3v) is 7.37. The van der Waals surface area contributed by atoms with E-state index in [9.17, 15) is 14.7 Å². The zero-order chi connectivity index (χ0) is 25.6. The molecule has 0 aromatic rings. The second kappa shape index (κ2) is 22.0. The zero-order valence-electron chi connectivity index (χ0n) is 22.1. The number of carbonyl (C=O) groups is 2. The minimum absolute atomic E-state index is 0.00503. The molecular weight excluding hydrogens is 458 g/mol. The maximum Gasteiger partial charge on any atom is 0.235 e. The normalized spacial score (nSPS) is 24.3. The number of nitrogens with two attached hydrogens (primary N) is 1. The van der Waals surface area contributed by atoms with Crippen LogP contribution in [0.15, 0.2) is 11.8 Å². The molecule has 2 atom stereocenters. The number of amides is 2. The van der Waals surface area contributed by atoms with Crippen molar-refractivity contribution in [2.45, 2.75) is 128 Å². The Labute approximate surface area is 220 Å². The van der Waals surface area contributed by atoms with Crippen molar-refractivity contribution >= 4 is 24.4 Å². The molecule has 6 nitrogen and oxygen atoms in total. The average molecular weight is 512 g/mol. The molecule has 7 heteroatoms. The molecule has 1 heterocycles. The second-order valence-corrected chi connectivity index (χ2v) is 10.6. The van der Waals surface area contributed by atoms with Crippen LogP contribution in [0.1, 0.15) is 122 Å². The number of nitrogens with one attached hydrogen (secondary N) is 2. The smallest absolute Gasteiger partial charge is 0.235 e. The maximum absolute atomic E-state index is 12.4. The molecule has 0 saturated heterocycles. The van der Waals surface area contributed by atoms with Gasteiger partial charge < -0.3 is 21.5 Å². The van der Waals surface area contributed by atoms with E-state index in [1.54, 1.807) is 0 Å². The molecule has 0 bridgehead atoms. The van der Waals surface area contributed by atoms with Crippen LogP contribution >= 0.6 is 12.6 Å². The first-order valence-corrected chi connectivity index (χ1v) is 15.0. The molecule has 35 heavy (non-hydrogen) atoms. The van der Waals surface area contributed by atoms with Crippen molar-refractivity contribution in [3.05, 3.63) is 11.8 Å². The summed E-state index contributed by atoms with van der Waals surface area (Å²) in [5.74, 6) is 0.415. The van der Waals surface area contributed by atoms with Gasteiger partial charge in [0.1, 0.15) is 0 Å². The number of hydrogen-bond donors (Lipinski definition) is 5. The molecule has 0 saturated carbocycles. The minimum Gasteiger partial charge on any atom is -0.513 e. The van der Waals surface area contributed by atoms with Crippen molar-refractivity contribution in [3.63, 3.8) is 0 Å². The van der Waals surface area contributed by atoms with Gasteiger partial charge in [-0.15, -0.1) is 0 Å². The van der Waals surface area contributed by atoms with Crippen LogP contribution in [-0.4, -0.2) is 41.8 Å². The van der Waals surface area contributed by atoms with Crippen LogP contribution in [0.25, 0.3) is 0 Å². The fourth-order valence-electron chi connectivity index (χ4n) is 4.70. The topological polar surface area (TPSA) is 104 Å². The van der Waals surface area contributed by atoms with Gasteiger partial charge in [-0.05, 0) is 37.8 Å². The predicted octanol–water partition coefficient (Wildman–Crippen LogP) is 5.96. The standard InChI is InChI=1S/C28H53N3O3S/c29-28(34)26(23-35)30-20-19-24-21-25(32)17-15-13-11-9-7-5-3-1-2-4-6-8-10-12-14-16-18-27(33)31-22-24/h21,24,26,30,32,35H,1-20,22-23H2,(H2,29,34)(H,31,33)/b25-21+. The summed E-state index contributed by atoms with van der Waals surface area (Å²) in [4.78, 5) is 23.8. The Balaban J connectivity index is 2.55. The summed E-state index contributed by atoms with van der Waals surface area (Å²) >= 11 is 4.17. The summed E-state index contributed by atoms with van der Waals surface area (Å²) in [6.45, 7) is 1.06. The van der Waals surface area contributed by atoms with Crippen LogP contribution in [0.3, 0.4) is 0 Å². The lowest BCUT2D eigenvalue weighted by Crippen LogP contribution is -2.43. The lowest BCUT2D eigenvalue weighted by Gasteiger charge is -2.18. The van der Waals surface area contributed by atoms with Crippen LogP contribution < -0.4 is 16.4 Å². The van der Waals surface area contributed by atoms with E-state index in [0.717, 1.165) is 25.7 Å². The lowest BCUT2D eigenvalue weighted by atomic mass is 10.0. The molecule has 1 aliphatic rings. The van der Waals surface area contributed by atoms with Gasteiger partial charge in [-0.1, -0.05) is 89.9 Å². The van der Waals surface area contributed by atoms with Gasteiger partial charge in [0.05, 0.1) is 11.8 Å². The number of carbonyl (C=O) groups excluding carboxylic acids is 2. The highest BCUT2D eigenvalue weighted by molar-refractivity contribution is 7.80. The summed E-state index contributed by atoms with van der Waals surface area (Å²) in [5, 5.41) is 16.7. The second-order valence-electron chi connectivity index (χ2n) is 10.3. The first kappa shape index (κ1) is 31.8. The molecule has 2 unspecified atom stereocenters. The van der Waals surface area contributed by atoms with Gasteiger partial charge in [0.15, 0.2) is 0 Å². The van der Waals surface area contributed by atoms with Crippen LogP contribution in [-0.2, 0) is 9.59 Å². The van der Waals surface area contributed by atoms with Gasteiger partial charge >= 0.3 is 0 Å². The Hall–Kier alpha value is -1.21. The minimum atomic E-state index is -0.472. The van der Waals surface area contributed by atoms with Crippen LogP contribution in [0, 0.1) is 5.92 Å². The summed E-state index contributed by atoms with van der Waals surface area (Å²) in [6, 6.07) is -0.472. The van der Waals surface area contributed by atoms with E-state index in [0.29, 0.717) is 43.9 Å². The van der Waals surface area contributed by atoms with E-state index in [2.05, 4.69) is 23.3 Å². The van der Waals surface area contributed by atoms with Crippen LogP contribution in [0.4, 0.5) is 0 Å². The predicted molar refractivity (Wildman–Crippen MR) is 150 cm³/mol. The van der Waals surface area contributed by atoms with Crippen molar-refractivity contribution in [3.8, 4) is 0 Å².